The Balaban J connectivity index is 1.38. The summed E-state index contributed by atoms with van der Waals surface area (Å²) in [6, 6.07) is 5.83. The number of benzene rings is 1. The first-order valence-electron chi connectivity index (χ1n) is 13.9. The minimum Gasteiger partial charge on any atom is -0.381 e. The number of amides is 1. The molecule has 2 fully saturated rings. The van der Waals surface area contributed by atoms with Gasteiger partial charge in [-0.15, -0.1) is 0 Å². The summed E-state index contributed by atoms with van der Waals surface area (Å²) in [5.74, 6) is 0.666. The summed E-state index contributed by atoms with van der Waals surface area (Å²) in [4.78, 5) is 34.8. The average Bonchev–Trinajstić information content (AvgIpc) is 3.46. The van der Waals surface area contributed by atoms with Crippen molar-refractivity contribution in [1.82, 2.24) is 20.2 Å². The lowest BCUT2D eigenvalue weighted by molar-refractivity contribution is -0.133. The number of aliphatic imine (C=N–C) groups is 2. The van der Waals surface area contributed by atoms with Gasteiger partial charge in [0.25, 0.3) is 5.91 Å². The number of rotatable bonds is 4. The second-order valence-corrected chi connectivity index (χ2v) is 11.6. The molecule has 2 aromatic rings. The Kier molecular flexibility index (Phi) is 7.29. The standard InChI is InChI=1S/C30H34ClN7O2/c1-18-13-33-16-27(36-18)20-3-8-24(26(31)11-20)25-12-21-15-35-29(34-14-19-9-10-40-17-19)37-30(21,2)38(28(25)39)23-6-4-22(32)5-7-23/h3,8,11-16,19,22-23H,4-7,9-10,17,32H2,1-2H3,(H,35,37)/b34-14+. The van der Waals surface area contributed by atoms with Crippen LogP contribution in [0.5, 0.6) is 0 Å². The van der Waals surface area contributed by atoms with Crippen molar-refractivity contribution in [2.24, 2.45) is 21.6 Å². The van der Waals surface area contributed by atoms with Gasteiger partial charge in [0.2, 0.25) is 5.96 Å². The molecule has 1 saturated carbocycles. The van der Waals surface area contributed by atoms with Crippen LogP contribution in [0.1, 0.15) is 50.3 Å². The number of halogens is 1. The molecule has 1 saturated heterocycles. The molecule has 1 amide bonds. The third-order valence-electron chi connectivity index (χ3n) is 8.23. The van der Waals surface area contributed by atoms with E-state index in [9.17, 15) is 4.79 Å². The number of fused-ring (bicyclic) bond motifs is 1. The number of nitrogens with zero attached hydrogens (tertiary/aromatic N) is 5. The second-order valence-electron chi connectivity index (χ2n) is 11.1. The summed E-state index contributed by atoms with van der Waals surface area (Å²) < 4.78 is 5.47. The van der Waals surface area contributed by atoms with Crippen molar-refractivity contribution in [3.63, 3.8) is 0 Å². The zero-order chi connectivity index (χ0) is 27.9. The Morgan fingerprint density at radius 2 is 2.05 bits per heavy atom. The molecule has 4 aliphatic rings. The summed E-state index contributed by atoms with van der Waals surface area (Å²) in [5.41, 5.74) is 9.82. The molecule has 2 unspecified atom stereocenters. The van der Waals surface area contributed by atoms with Gasteiger partial charge < -0.3 is 20.7 Å². The SMILES string of the molecule is Cc1cncc(-c2ccc(C3=CC4=CNC(/N=C/C5CCOC5)=NC4(C)N(C4CCC(N)CC4)C3=O)c(Cl)c2)n1. The molecule has 9 nitrogen and oxygen atoms in total. The number of hydrogen-bond donors (Lipinski definition) is 2. The van der Waals surface area contributed by atoms with Gasteiger partial charge in [0.05, 0.1) is 24.2 Å². The molecule has 1 aliphatic carbocycles. The second kappa shape index (κ2) is 10.9. The maximum Gasteiger partial charge on any atom is 0.256 e. The van der Waals surface area contributed by atoms with E-state index in [1.807, 2.05) is 55.4 Å². The highest BCUT2D eigenvalue weighted by molar-refractivity contribution is 6.35. The molecule has 0 bridgehead atoms. The molecule has 1 aromatic heterocycles. The van der Waals surface area contributed by atoms with E-state index in [1.165, 1.54) is 0 Å². The number of nitrogens with one attached hydrogen (secondary N) is 1. The normalized spacial score (nSPS) is 28.6. The molecule has 1 aromatic carbocycles. The van der Waals surface area contributed by atoms with Crippen molar-refractivity contribution >= 4 is 35.3 Å². The lowest BCUT2D eigenvalue weighted by Gasteiger charge is -2.49. The number of aromatic nitrogens is 2. The highest BCUT2D eigenvalue weighted by Crippen LogP contribution is 2.43. The number of guanidine groups is 1. The number of carbonyl (C=O) groups excluding carboxylic acids is 1. The van der Waals surface area contributed by atoms with Gasteiger partial charge in [-0.05, 0) is 58.1 Å². The van der Waals surface area contributed by atoms with Gasteiger partial charge in [0, 0.05) is 70.5 Å². The lowest BCUT2D eigenvalue weighted by atomic mass is 9.83. The van der Waals surface area contributed by atoms with E-state index in [4.69, 9.17) is 27.1 Å². The monoisotopic (exact) mass is 559 g/mol. The van der Waals surface area contributed by atoms with Crippen LogP contribution < -0.4 is 11.1 Å². The average molecular weight is 560 g/mol. The van der Waals surface area contributed by atoms with E-state index in [0.29, 0.717) is 28.7 Å². The van der Waals surface area contributed by atoms with Crippen molar-refractivity contribution in [1.29, 1.82) is 0 Å². The first-order chi connectivity index (χ1) is 19.3. The molecule has 40 heavy (non-hydrogen) atoms. The van der Waals surface area contributed by atoms with E-state index in [0.717, 1.165) is 61.2 Å². The Hall–Kier alpha value is -3.40. The third kappa shape index (κ3) is 5.09. The van der Waals surface area contributed by atoms with Gasteiger partial charge in [-0.3, -0.25) is 9.78 Å². The van der Waals surface area contributed by atoms with Crippen LogP contribution in [0.4, 0.5) is 0 Å². The molecule has 208 valence electrons. The van der Waals surface area contributed by atoms with E-state index in [-0.39, 0.29) is 23.9 Å². The zero-order valence-corrected chi connectivity index (χ0v) is 23.6. The predicted octanol–water partition coefficient (Wildman–Crippen LogP) is 4.27. The molecular formula is C30H34ClN7O2. The van der Waals surface area contributed by atoms with E-state index >= 15 is 0 Å². The van der Waals surface area contributed by atoms with Crippen LogP contribution in [0, 0.1) is 12.8 Å². The molecule has 6 rings (SSSR count). The molecule has 0 radical (unpaired) electrons. The van der Waals surface area contributed by atoms with Gasteiger partial charge in [0.1, 0.15) is 0 Å². The van der Waals surface area contributed by atoms with Crippen LogP contribution in [0.15, 0.2) is 58.4 Å². The molecule has 2 atom stereocenters. The maximum absolute atomic E-state index is 14.4. The summed E-state index contributed by atoms with van der Waals surface area (Å²) in [6.45, 7) is 5.31. The molecule has 4 heterocycles. The highest BCUT2D eigenvalue weighted by atomic mass is 35.5. The maximum atomic E-state index is 14.4. The van der Waals surface area contributed by atoms with Crippen molar-refractivity contribution in [2.75, 3.05) is 13.2 Å². The molecular weight excluding hydrogens is 526 g/mol. The van der Waals surface area contributed by atoms with Crippen molar-refractivity contribution in [3.8, 4) is 11.3 Å². The van der Waals surface area contributed by atoms with Gasteiger partial charge >= 0.3 is 0 Å². The van der Waals surface area contributed by atoms with Gasteiger partial charge in [-0.1, -0.05) is 23.7 Å². The van der Waals surface area contributed by atoms with E-state index < -0.39 is 5.66 Å². The van der Waals surface area contributed by atoms with Crippen LogP contribution in [0.25, 0.3) is 16.8 Å². The minimum atomic E-state index is -0.902. The highest BCUT2D eigenvalue weighted by Gasteiger charge is 2.48. The van der Waals surface area contributed by atoms with Gasteiger partial charge in [0.15, 0.2) is 5.66 Å². The van der Waals surface area contributed by atoms with Crippen LogP contribution >= 0.6 is 11.6 Å². The Morgan fingerprint density at radius 3 is 2.77 bits per heavy atom. The first kappa shape index (κ1) is 26.8. The van der Waals surface area contributed by atoms with Crippen LogP contribution in [-0.2, 0) is 9.53 Å². The molecule has 0 spiro atoms. The molecule has 3 aliphatic heterocycles. The quantitative estimate of drug-likeness (QED) is 0.540. The van der Waals surface area contributed by atoms with Gasteiger partial charge in [-0.25, -0.2) is 15.0 Å². The largest absolute Gasteiger partial charge is 0.381 e. The number of ether oxygens (including phenoxy) is 1. The van der Waals surface area contributed by atoms with Crippen LogP contribution in [0.2, 0.25) is 5.02 Å². The number of carbonyl (C=O) groups is 1. The molecule has 10 heteroatoms. The fourth-order valence-electron chi connectivity index (χ4n) is 5.98. The van der Waals surface area contributed by atoms with E-state index in [2.05, 4.69) is 20.3 Å². The Labute approximate surface area is 239 Å². The molecule has 3 N–H and O–H groups in total. The van der Waals surface area contributed by atoms with Crippen molar-refractivity contribution < 1.29 is 9.53 Å². The Morgan fingerprint density at radius 1 is 1.23 bits per heavy atom. The van der Waals surface area contributed by atoms with Crippen molar-refractivity contribution in [2.45, 2.75) is 63.7 Å². The van der Waals surface area contributed by atoms with Gasteiger partial charge in [-0.2, -0.15) is 0 Å². The zero-order valence-electron chi connectivity index (χ0n) is 22.8. The topological polar surface area (TPSA) is 118 Å². The summed E-state index contributed by atoms with van der Waals surface area (Å²) in [7, 11) is 0. The van der Waals surface area contributed by atoms with E-state index in [1.54, 1.807) is 12.4 Å². The first-order valence-corrected chi connectivity index (χ1v) is 14.3. The lowest BCUT2D eigenvalue weighted by Crippen LogP contribution is -2.59. The Bertz CT molecular complexity index is 1440. The number of nitrogens with two attached hydrogens (primary N) is 1. The third-order valence-corrected chi connectivity index (χ3v) is 8.55. The van der Waals surface area contributed by atoms with Crippen LogP contribution in [0.3, 0.4) is 0 Å². The summed E-state index contributed by atoms with van der Waals surface area (Å²) >= 11 is 6.84. The minimum absolute atomic E-state index is 0.000304. The predicted molar refractivity (Wildman–Crippen MR) is 157 cm³/mol. The van der Waals surface area contributed by atoms with Crippen molar-refractivity contribution in [3.05, 3.63) is 64.7 Å². The van der Waals surface area contributed by atoms with Crippen LogP contribution in [-0.4, -0.2) is 63.9 Å². The number of hydrogen-bond acceptors (Lipinski definition) is 8. The fourth-order valence-corrected chi connectivity index (χ4v) is 6.26. The fraction of sp³-hybridized carbons (Fsp3) is 0.433. The smallest absolute Gasteiger partial charge is 0.256 e. The summed E-state index contributed by atoms with van der Waals surface area (Å²) in [5, 5.41) is 3.71. The summed E-state index contributed by atoms with van der Waals surface area (Å²) in [6.07, 6.45) is 13.5. The number of aryl methyl sites for hydroxylation is 1.